The van der Waals surface area contributed by atoms with Crippen LogP contribution in [0.1, 0.15) is 55.2 Å². The lowest BCUT2D eigenvalue weighted by Gasteiger charge is -2.31. The molecule has 0 aliphatic carbocycles. The number of ether oxygens (including phenoxy) is 2. The van der Waals surface area contributed by atoms with Gasteiger partial charge in [0.25, 0.3) is 5.91 Å². The van der Waals surface area contributed by atoms with Crippen LogP contribution in [0.3, 0.4) is 0 Å². The van der Waals surface area contributed by atoms with Crippen molar-refractivity contribution in [3.05, 3.63) is 102 Å². The number of sulfonamides is 1. The van der Waals surface area contributed by atoms with Crippen molar-refractivity contribution in [1.82, 2.24) is 14.9 Å². The molecule has 14 heteroatoms. The Labute approximate surface area is 300 Å². The minimum absolute atomic E-state index is 0.0279. The lowest BCUT2D eigenvalue weighted by Crippen LogP contribution is -2.59. The molecule has 0 aliphatic rings. The summed E-state index contributed by atoms with van der Waals surface area (Å²) in [5.74, 6) is -2.59. The monoisotopic (exact) mass is 723 g/mol. The van der Waals surface area contributed by atoms with Crippen molar-refractivity contribution < 1.29 is 37.1 Å². The molecule has 13 nitrogen and oxygen atoms in total. The Balaban J connectivity index is 2.02. The van der Waals surface area contributed by atoms with Crippen molar-refractivity contribution in [3.63, 3.8) is 0 Å². The summed E-state index contributed by atoms with van der Waals surface area (Å²) in [6.07, 6.45) is 0.714. The molecular weight excluding hydrogens is 675 g/mol. The van der Waals surface area contributed by atoms with Gasteiger partial charge in [-0.2, -0.15) is 4.72 Å². The number of esters is 1. The Kier molecular flexibility index (Phi) is 16.7. The maximum atomic E-state index is 14.6. The average molecular weight is 724 g/mol. The van der Waals surface area contributed by atoms with Crippen molar-refractivity contribution in [2.45, 2.75) is 81.5 Å². The van der Waals surface area contributed by atoms with E-state index in [0.29, 0.717) is 54.8 Å². The zero-order chi connectivity index (χ0) is 37.2. The highest BCUT2D eigenvalue weighted by atomic mass is 32.2. The number of nitrogens with zero attached hydrogens (tertiary/aromatic N) is 1. The molecule has 3 aromatic carbocycles. The maximum absolute atomic E-state index is 14.6. The van der Waals surface area contributed by atoms with Gasteiger partial charge < -0.3 is 26.3 Å². The van der Waals surface area contributed by atoms with E-state index >= 15 is 0 Å². The molecule has 0 saturated carbocycles. The van der Waals surface area contributed by atoms with Crippen LogP contribution < -0.4 is 21.5 Å². The molecule has 0 aliphatic heterocycles. The summed E-state index contributed by atoms with van der Waals surface area (Å²) in [7, 11) is -3.02. The second-order valence-corrected chi connectivity index (χ2v) is 13.8. The van der Waals surface area contributed by atoms with E-state index in [4.69, 9.17) is 20.9 Å². The highest BCUT2D eigenvalue weighted by Gasteiger charge is 2.41. The van der Waals surface area contributed by atoms with Crippen molar-refractivity contribution >= 4 is 33.9 Å². The van der Waals surface area contributed by atoms with Gasteiger partial charge in [-0.1, -0.05) is 84.8 Å². The molecule has 3 atom stereocenters. The normalized spacial score (nSPS) is 13.0. The quantitative estimate of drug-likeness (QED) is 0.0990. The fourth-order valence-corrected chi connectivity index (χ4v) is 6.56. The first-order valence-electron chi connectivity index (χ1n) is 17.0. The SMILES string of the molecule is COC(=O)[C@H](CCCCN)N(C(=O)OCc1ccccc1)C(=O)[C@H](Cc1ccccc1)NC(=O)[C@@H](CCCCN)NS(=O)(=O)c1ccc(C)cc1. The van der Waals surface area contributed by atoms with Crippen LogP contribution in [0, 0.1) is 6.92 Å². The van der Waals surface area contributed by atoms with Crippen molar-refractivity contribution in [3.8, 4) is 0 Å². The predicted molar refractivity (Wildman–Crippen MR) is 192 cm³/mol. The van der Waals surface area contributed by atoms with Crippen molar-refractivity contribution in [2.75, 3.05) is 20.2 Å². The molecule has 3 amide bonds. The van der Waals surface area contributed by atoms with Crippen LogP contribution in [0.5, 0.6) is 0 Å². The number of nitrogens with one attached hydrogen (secondary N) is 2. The number of hydrogen-bond acceptors (Lipinski definition) is 10. The molecule has 0 fully saturated rings. The van der Waals surface area contributed by atoms with Crippen molar-refractivity contribution in [1.29, 1.82) is 0 Å². The lowest BCUT2D eigenvalue weighted by atomic mass is 10.0. The second kappa shape index (κ2) is 20.9. The Bertz CT molecular complexity index is 1660. The predicted octanol–water partition coefficient (Wildman–Crippen LogP) is 3.33. The molecule has 0 unspecified atom stereocenters. The number of nitrogens with two attached hydrogens (primary N) is 2. The lowest BCUT2D eigenvalue weighted by molar-refractivity contribution is -0.153. The van der Waals surface area contributed by atoms with Gasteiger partial charge in [0.2, 0.25) is 15.9 Å². The number of carbonyl (C=O) groups excluding carboxylic acids is 4. The van der Waals surface area contributed by atoms with Gasteiger partial charge in [-0.25, -0.2) is 22.9 Å². The molecule has 51 heavy (non-hydrogen) atoms. The zero-order valence-electron chi connectivity index (χ0n) is 29.2. The molecule has 0 aromatic heterocycles. The van der Waals surface area contributed by atoms with Crippen LogP contribution in [0.15, 0.2) is 89.8 Å². The Morgan fingerprint density at radius 2 is 1.33 bits per heavy atom. The fraction of sp³-hybridized carbons (Fsp3) is 0.405. The second-order valence-electron chi connectivity index (χ2n) is 12.1. The molecule has 0 heterocycles. The van der Waals surface area contributed by atoms with E-state index in [1.54, 1.807) is 72.8 Å². The number of unbranched alkanes of at least 4 members (excludes halogenated alkanes) is 2. The van der Waals surface area contributed by atoms with E-state index in [1.165, 1.54) is 12.1 Å². The highest BCUT2D eigenvalue weighted by Crippen LogP contribution is 2.19. The first kappa shape index (κ1) is 40.8. The largest absolute Gasteiger partial charge is 0.467 e. The third kappa shape index (κ3) is 12.9. The number of rotatable bonds is 20. The smallest absolute Gasteiger partial charge is 0.417 e. The third-order valence-electron chi connectivity index (χ3n) is 8.15. The summed E-state index contributed by atoms with van der Waals surface area (Å²) in [6.45, 7) is 2.27. The fourth-order valence-electron chi connectivity index (χ4n) is 5.33. The summed E-state index contributed by atoms with van der Waals surface area (Å²) in [5, 5.41) is 2.70. The molecule has 6 N–H and O–H groups in total. The van der Waals surface area contributed by atoms with Gasteiger partial charge in [0.1, 0.15) is 24.7 Å². The van der Waals surface area contributed by atoms with Gasteiger partial charge in [-0.05, 0) is 75.4 Å². The van der Waals surface area contributed by atoms with Gasteiger partial charge in [-0.3, -0.25) is 9.59 Å². The van der Waals surface area contributed by atoms with E-state index < -0.39 is 52.0 Å². The Hall–Kier alpha value is -4.63. The molecule has 276 valence electrons. The van der Waals surface area contributed by atoms with Crippen LogP contribution in [0.4, 0.5) is 4.79 Å². The third-order valence-corrected chi connectivity index (χ3v) is 9.63. The number of benzene rings is 3. The van der Waals surface area contributed by atoms with Crippen LogP contribution in [0.25, 0.3) is 0 Å². The first-order valence-corrected chi connectivity index (χ1v) is 18.4. The minimum Gasteiger partial charge on any atom is -0.467 e. The van der Waals surface area contributed by atoms with E-state index in [1.807, 2.05) is 6.92 Å². The topological polar surface area (TPSA) is 200 Å². The average Bonchev–Trinajstić information content (AvgIpc) is 3.13. The highest BCUT2D eigenvalue weighted by molar-refractivity contribution is 7.89. The zero-order valence-corrected chi connectivity index (χ0v) is 30.0. The van der Waals surface area contributed by atoms with Crippen LogP contribution in [0.2, 0.25) is 0 Å². The summed E-state index contributed by atoms with van der Waals surface area (Å²) in [4.78, 5) is 56.2. The number of amides is 3. The summed E-state index contributed by atoms with van der Waals surface area (Å²) in [6, 6.07) is 19.6. The van der Waals surface area contributed by atoms with Crippen molar-refractivity contribution in [2.24, 2.45) is 11.5 Å². The van der Waals surface area contributed by atoms with Crippen LogP contribution in [-0.4, -0.2) is 75.5 Å². The first-order chi connectivity index (χ1) is 24.5. The van der Waals surface area contributed by atoms with E-state index in [9.17, 15) is 27.6 Å². The number of hydrogen-bond donors (Lipinski definition) is 4. The maximum Gasteiger partial charge on any atom is 0.417 e. The van der Waals surface area contributed by atoms with Gasteiger partial charge in [0, 0.05) is 6.42 Å². The van der Waals surface area contributed by atoms with Gasteiger partial charge in [0.15, 0.2) is 0 Å². The van der Waals surface area contributed by atoms with Gasteiger partial charge in [0.05, 0.1) is 12.0 Å². The van der Waals surface area contributed by atoms with Crippen LogP contribution in [-0.2, 0) is 46.9 Å². The number of carbonyl (C=O) groups is 4. The van der Waals surface area contributed by atoms with Gasteiger partial charge in [-0.15, -0.1) is 0 Å². The summed E-state index contributed by atoms with van der Waals surface area (Å²) >= 11 is 0. The Morgan fingerprint density at radius 1 is 0.765 bits per heavy atom. The number of methoxy groups -OCH3 is 1. The number of aryl methyl sites for hydroxylation is 1. The Morgan fingerprint density at radius 3 is 1.90 bits per heavy atom. The van der Waals surface area contributed by atoms with E-state index in [-0.39, 0.29) is 30.8 Å². The molecular formula is C37H49N5O8S. The molecule has 0 saturated heterocycles. The molecule has 3 aromatic rings. The van der Waals surface area contributed by atoms with E-state index in [0.717, 1.165) is 12.7 Å². The molecule has 0 spiro atoms. The summed E-state index contributed by atoms with van der Waals surface area (Å²) < 4.78 is 39.9. The van der Waals surface area contributed by atoms with Crippen LogP contribution >= 0.6 is 0 Å². The molecule has 0 radical (unpaired) electrons. The molecule has 3 rings (SSSR count). The standard InChI is InChI=1S/C37H49N5O8S/c1-27-19-21-30(22-20-27)51(47,48)41-31(17-9-11-23-38)34(43)40-32(25-28-13-5-3-6-14-28)35(44)42(33(36(45)49-2)18-10-12-24-39)37(46)50-26-29-15-7-4-8-16-29/h3-8,13-16,19-22,31-33,41H,9-12,17-18,23-26,38-39H2,1-2H3,(H,40,43)/t31-,32+,33+/m1/s1. The molecule has 0 bridgehead atoms. The van der Waals surface area contributed by atoms with Gasteiger partial charge >= 0.3 is 12.1 Å². The number of imide groups is 1. The summed E-state index contributed by atoms with van der Waals surface area (Å²) in [5.41, 5.74) is 13.5. The minimum atomic E-state index is -4.16. The van der Waals surface area contributed by atoms with E-state index in [2.05, 4.69) is 10.0 Å².